The highest BCUT2D eigenvalue weighted by Gasteiger charge is 2.32. The molecule has 0 spiro atoms. The topological polar surface area (TPSA) is 118 Å². The maximum absolute atomic E-state index is 13.9. The Kier molecular flexibility index (Phi) is 14.7. The minimum atomic E-state index is -1.17. The summed E-state index contributed by atoms with van der Waals surface area (Å²) in [5.41, 5.74) is 5.86. The number of benzene rings is 4. The molecule has 8 heteroatoms. The van der Waals surface area contributed by atoms with Crippen LogP contribution in [0.5, 0.6) is 5.75 Å². The maximum atomic E-state index is 13.9. The minimum Gasteiger partial charge on any atom is -0.494 e. The molecule has 1 aromatic heterocycles. The summed E-state index contributed by atoms with van der Waals surface area (Å²) < 4.78 is 5.91. The Labute approximate surface area is 331 Å². The molecule has 3 atom stereocenters. The monoisotopic (exact) mass is 753 g/mol. The van der Waals surface area contributed by atoms with E-state index in [1.54, 1.807) is 31.5 Å². The van der Waals surface area contributed by atoms with E-state index in [1.165, 1.54) is 25.7 Å². The van der Waals surface area contributed by atoms with Gasteiger partial charge >= 0.3 is 5.97 Å². The summed E-state index contributed by atoms with van der Waals surface area (Å²) in [6.45, 7) is 11.0. The third-order valence-corrected chi connectivity index (χ3v) is 10.3. The zero-order chi connectivity index (χ0) is 40.1. The molecule has 2 N–H and O–H groups in total. The number of rotatable bonds is 19. The first-order valence-electron chi connectivity index (χ1n) is 19.8. The molecule has 0 fully saturated rings. The molecule has 0 saturated carbocycles. The van der Waals surface area contributed by atoms with Crippen molar-refractivity contribution < 1.29 is 24.2 Å². The molecule has 292 valence electrons. The molecule has 0 aliphatic heterocycles. The number of ether oxygens (including phenoxy) is 1. The second-order valence-corrected chi connectivity index (χ2v) is 15.7. The highest BCUT2D eigenvalue weighted by Crippen LogP contribution is 2.27. The van der Waals surface area contributed by atoms with Crippen LogP contribution < -0.4 is 10.1 Å². The first kappa shape index (κ1) is 41.5. The first-order chi connectivity index (χ1) is 26.9. The van der Waals surface area contributed by atoms with Crippen molar-refractivity contribution in [2.45, 2.75) is 96.9 Å². The normalized spacial score (nSPS) is 13.0. The molecule has 4 aromatic carbocycles. The molecule has 1 amide bonds. The van der Waals surface area contributed by atoms with Gasteiger partial charge in [0.15, 0.2) is 11.6 Å². The van der Waals surface area contributed by atoms with Gasteiger partial charge in [-0.15, -0.1) is 0 Å². The number of aromatic nitrogens is 2. The number of hydrogen-bond acceptors (Lipinski definition) is 6. The Hall–Kier alpha value is -5.63. The number of nitrogens with one attached hydrogen (secondary N) is 1. The van der Waals surface area contributed by atoms with Gasteiger partial charge in [-0.25, -0.2) is 14.8 Å². The summed E-state index contributed by atoms with van der Waals surface area (Å²) >= 11 is 0. The molecule has 0 radical (unpaired) electrons. The van der Waals surface area contributed by atoms with Crippen LogP contribution in [0.25, 0.3) is 22.5 Å². The van der Waals surface area contributed by atoms with Crippen molar-refractivity contribution in [2.75, 3.05) is 6.61 Å². The van der Waals surface area contributed by atoms with Crippen molar-refractivity contribution >= 4 is 17.7 Å². The fraction of sp³-hybridized carbons (Fsp3) is 0.354. The third kappa shape index (κ3) is 11.7. The average Bonchev–Trinajstić information content (AvgIpc) is 3.21. The Balaban J connectivity index is 1.28. The Bertz CT molecular complexity index is 2000. The number of carbonyl (C=O) groups is 3. The first-order valence-corrected chi connectivity index (χ1v) is 19.8. The van der Waals surface area contributed by atoms with E-state index >= 15 is 0 Å². The second kappa shape index (κ2) is 19.8. The van der Waals surface area contributed by atoms with Crippen molar-refractivity contribution in [1.29, 1.82) is 0 Å². The number of aliphatic carboxylic acids is 1. The molecular weight excluding hydrogens is 699 g/mol. The van der Waals surface area contributed by atoms with Crippen molar-refractivity contribution in [3.8, 4) is 28.3 Å². The van der Waals surface area contributed by atoms with Crippen LogP contribution in [0.1, 0.15) is 106 Å². The molecule has 0 aliphatic rings. The van der Waals surface area contributed by atoms with E-state index in [0.29, 0.717) is 11.4 Å². The van der Waals surface area contributed by atoms with Crippen molar-refractivity contribution in [1.82, 2.24) is 15.3 Å². The molecule has 5 aromatic rings. The number of hydrogen-bond donors (Lipinski definition) is 2. The fourth-order valence-corrected chi connectivity index (χ4v) is 6.72. The number of carboxylic acid groups (broad SMARTS) is 1. The van der Waals surface area contributed by atoms with Gasteiger partial charge in [-0.2, -0.15) is 0 Å². The Morgan fingerprint density at radius 2 is 1.38 bits per heavy atom. The molecule has 0 aliphatic carbocycles. The van der Waals surface area contributed by atoms with Crippen LogP contribution in [0.4, 0.5) is 0 Å². The lowest BCUT2D eigenvalue weighted by atomic mass is 9.85. The number of Topliss-reactive ketones (excluding diaryl/α,β-unsaturated/α-hetero) is 1. The smallest absolute Gasteiger partial charge is 0.326 e. The lowest BCUT2D eigenvalue weighted by molar-refractivity contribution is -0.143. The van der Waals surface area contributed by atoms with Crippen LogP contribution in [0.3, 0.4) is 0 Å². The van der Waals surface area contributed by atoms with E-state index < -0.39 is 29.8 Å². The second-order valence-electron chi connectivity index (χ2n) is 15.7. The zero-order valence-electron chi connectivity index (χ0n) is 33.3. The van der Waals surface area contributed by atoms with Crippen molar-refractivity contribution in [3.05, 3.63) is 138 Å². The lowest BCUT2D eigenvalue weighted by Crippen LogP contribution is -2.47. The highest BCUT2D eigenvalue weighted by molar-refractivity contribution is 5.99. The summed E-state index contributed by atoms with van der Waals surface area (Å²) in [7, 11) is 0. The largest absolute Gasteiger partial charge is 0.494 e. The highest BCUT2D eigenvalue weighted by atomic mass is 16.5. The number of ketones is 1. The van der Waals surface area contributed by atoms with E-state index in [9.17, 15) is 19.5 Å². The molecule has 8 nitrogen and oxygen atoms in total. The summed E-state index contributed by atoms with van der Waals surface area (Å²) in [6.07, 6.45) is 9.76. The van der Waals surface area contributed by atoms with E-state index in [2.05, 4.69) is 43.0 Å². The van der Waals surface area contributed by atoms with Gasteiger partial charge in [0.1, 0.15) is 11.8 Å². The third-order valence-electron chi connectivity index (χ3n) is 10.3. The molecular formula is C48H55N3O5. The van der Waals surface area contributed by atoms with Crippen LogP contribution in [0.15, 0.2) is 116 Å². The predicted molar refractivity (Wildman–Crippen MR) is 223 cm³/mol. The molecule has 56 heavy (non-hydrogen) atoms. The standard InChI is InChI=1S/C48H55N3O5/c1-6-7-8-9-13-28-56-42-26-22-36(23-27-42)40-31-49-45(50-32-40)38-18-16-34(17-19-38)29-39(30-43(52)37-20-24-41(25-21-37)48(3,4)5)46(53)51-44(47(54)55)33(2)35-14-11-10-12-15-35/h10-12,14-27,31-33,39,44H,6-9,13,28-30H2,1-5H3,(H,51,53)(H,54,55)/t33?,39-,44?/m1/s1. The van der Waals surface area contributed by atoms with Gasteiger partial charge in [-0.05, 0) is 52.6 Å². The SMILES string of the molecule is CCCCCCCOc1ccc(-c2cnc(-c3ccc(C[C@H](CC(=O)c4ccc(C(C)(C)C)cc4)C(=O)NC(C(=O)O)C(C)c4ccccc4)cc3)nc2)cc1. The van der Waals surface area contributed by atoms with Gasteiger partial charge in [0.2, 0.25) is 5.91 Å². The summed E-state index contributed by atoms with van der Waals surface area (Å²) in [4.78, 5) is 49.3. The fourth-order valence-electron chi connectivity index (χ4n) is 6.72. The van der Waals surface area contributed by atoms with Crippen LogP contribution in [-0.4, -0.2) is 45.4 Å². The van der Waals surface area contributed by atoms with Gasteiger partial charge in [0, 0.05) is 47.3 Å². The predicted octanol–water partition coefficient (Wildman–Crippen LogP) is 10.3. The number of amides is 1. The van der Waals surface area contributed by atoms with Gasteiger partial charge in [-0.1, -0.05) is 151 Å². The van der Waals surface area contributed by atoms with Crippen LogP contribution >= 0.6 is 0 Å². The molecule has 1 heterocycles. The van der Waals surface area contributed by atoms with Gasteiger partial charge in [0.05, 0.1) is 6.61 Å². The number of carbonyl (C=O) groups excluding carboxylic acids is 2. The average molecular weight is 754 g/mol. The Morgan fingerprint density at radius 3 is 1.98 bits per heavy atom. The molecule has 5 rings (SSSR count). The van der Waals surface area contributed by atoms with E-state index in [0.717, 1.165) is 52.2 Å². The van der Waals surface area contributed by atoms with E-state index in [4.69, 9.17) is 4.74 Å². The lowest BCUT2D eigenvalue weighted by Gasteiger charge is -2.25. The molecule has 0 saturated heterocycles. The number of nitrogens with zero attached hydrogens (tertiary/aromatic N) is 2. The minimum absolute atomic E-state index is 0.0702. The molecule has 0 bridgehead atoms. The number of unbranched alkanes of at least 4 members (excludes halogenated alkanes) is 4. The van der Waals surface area contributed by atoms with E-state index in [-0.39, 0.29) is 24.0 Å². The van der Waals surface area contributed by atoms with Crippen molar-refractivity contribution in [2.24, 2.45) is 5.92 Å². The summed E-state index contributed by atoms with van der Waals surface area (Å²) in [6, 6.07) is 31.1. The van der Waals surface area contributed by atoms with Crippen LogP contribution in [0, 0.1) is 5.92 Å². The van der Waals surface area contributed by atoms with Gasteiger partial charge < -0.3 is 15.2 Å². The Morgan fingerprint density at radius 1 is 0.750 bits per heavy atom. The zero-order valence-corrected chi connectivity index (χ0v) is 33.3. The summed E-state index contributed by atoms with van der Waals surface area (Å²) in [5.74, 6) is -1.69. The summed E-state index contributed by atoms with van der Waals surface area (Å²) in [5, 5.41) is 12.9. The van der Waals surface area contributed by atoms with E-state index in [1.807, 2.05) is 91.0 Å². The number of carboxylic acids is 1. The van der Waals surface area contributed by atoms with Crippen molar-refractivity contribution in [3.63, 3.8) is 0 Å². The quantitative estimate of drug-likeness (QED) is 0.0637. The van der Waals surface area contributed by atoms with Crippen LogP contribution in [0.2, 0.25) is 0 Å². The van der Waals surface area contributed by atoms with Crippen LogP contribution in [-0.2, 0) is 21.4 Å². The maximum Gasteiger partial charge on any atom is 0.326 e. The van der Waals surface area contributed by atoms with Gasteiger partial charge in [-0.3, -0.25) is 9.59 Å². The molecule has 2 unspecified atom stereocenters. The van der Waals surface area contributed by atoms with Gasteiger partial charge in [0.25, 0.3) is 0 Å².